The molecule has 2 rings (SSSR count). The van der Waals surface area contributed by atoms with Gasteiger partial charge in [0.25, 0.3) is 5.91 Å². The number of amides is 2. The third-order valence-corrected chi connectivity index (χ3v) is 5.77. The van der Waals surface area contributed by atoms with Gasteiger partial charge in [-0.3, -0.25) is 9.59 Å². The lowest BCUT2D eigenvalue weighted by molar-refractivity contribution is -0.142. The van der Waals surface area contributed by atoms with Crippen molar-refractivity contribution in [3.05, 3.63) is 63.7 Å². The lowest BCUT2D eigenvalue weighted by Gasteiger charge is -2.31. The highest BCUT2D eigenvalue weighted by molar-refractivity contribution is 14.1. The number of hydrogen-bond acceptors (Lipinski definition) is 3. The second-order valence-electron chi connectivity index (χ2n) is 7.31. The maximum Gasteiger partial charge on any atom is 0.261 e. The highest BCUT2D eigenvalue weighted by Gasteiger charge is 2.29. The predicted octanol–water partition coefficient (Wildman–Crippen LogP) is 4.43. The summed E-state index contributed by atoms with van der Waals surface area (Å²) in [7, 11) is 0. The van der Waals surface area contributed by atoms with Gasteiger partial charge >= 0.3 is 0 Å². The Bertz CT molecular complexity index is 796. The smallest absolute Gasteiger partial charge is 0.261 e. The number of nitrogens with one attached hydrogen (secondary N) is 1. The van der Waals surface area contributed by atoms with Crippen LogP contribution in [-0.2, 0) is 16.0 Å². The van der Waals surface area contributed by atoms with Gasteiger partial charge in [0.05, 0.1) is 0 Å². The zero-order chi connectivity index (χ0) is 21.9. The van der Waals surface area contributed by atoms with Crippen LogP contribution in [0.1, 0.15) is 39.2 Å². The van der Waals surface area contributed by atoms with Crippen LogP contribution in [0.25, 0.3) is 0 Å². The van der Waals surface area contributed by atoms with Crippen molar-refractivity contribution in [3.63, 3.8) is 0 Å². The number of rotatable bonds is 11. The number of carbonyl (C=O) groups is 2. The van der Waals surface area contributed by atoms with Crippen LogP contribution < -0.4 is 10.1 Å². The Morgan fingerprint density at radius 1 is 1.03 bits per heavy atom. The lowest BCUT2D eigenvalue weighted by Crippen LogP contribution is -2.52. The molecule has 0 heterocycles. The topological polar surface area (TPSA) is 58.6 Å². The summed E-state index contributed by atoms with van der Waals surface area (Å²) in [6.45, 7) is 6.30. The fourth-order valence-electron chi connectivity index (χ4n) is 3.10. The van der Waals surface area contributed by atoms with Crippen molar-refractivity contribution in [2.24, 2.45) is 0 Å². The van der Waals surface area contributed by atoms with Crippen LogP contribution in [0.15, 0.2) is 54.6 Å². The SMILES string of the molecule is CC[C@H](C)NC(=O)[C@H](CC)N(CCc1ccccc1)C(=O)COc1ccc(I)cc1. The molecule has 5 nitrogen and oxygen atoms in total. The van der Waals surface area contributed by atoms with E-state index in [-0.39, 0.29) is 24.5 Å². The molecule has 2 atom stereocenters. The first-order chi connectivity index (χ1) is 14.4. The minimum absolute atomic E-state index is 0.0701. The molecule has 162 valence electrons. The van der Waals surface area contributed by atoms with Gasteiger partial charge in [-0.1, -0.05) is 44.2 Å². The van der Waals surface area contributed by atoms with E-state index in [1.54, 1.807) is 4.90 Å². The van der Waals surface area contributed by atoms with Crippen LogP contribution in [0.2, 0.25) is 0 Å². The lowest BCUT2D eigenvalue weighted by atomic mass is 10.1. The molecule has 0 saturated carbocycles. The number of nitrogens with zero attached hydrogens (tertiary/aromatic N) is 1. The van der Waals surface area contributed by atoms with Gasteiger partial charge in [-0.25, -0.2) is 0 Å². The first-order valence-corrected chi connectivity index (χ1v) is 11.5. The molecule has 0 aliphatic carbocycles. The minimum atomic E-state index is -0.518. The molecule has 0 aliphatic heterocycles. The summed E-state index contributed by atoms with van der Waals surface area (Å²) < 4.78 is 6.81. The average molecular weight is 522 g/mol. The summed E-state index contributed by atoms with van der Waals surface area (Å²) in [5.74, 6) is 0.349. The van der Waals surface area contributed by atoms with Gasteiger partial charge in [0.1, 0.15) is 11.8 Å². The van der Waals surface area contributed by atoms with Crippen molar-refractivity contribution in [1.82, 2.24) is 10.2 Å². The molecule has 2 aromatic rings. The first kappa shape index (κ1) is 24.2. The number of hydrogen-bond donors (Lipinski definition) is 1. The van der Waals surface area contributed by atoms with Gasteiger partial charge in [0.2, 0.25) is 5.91 Å². The third-order valence-electron chi connectivity index (χ3n) is 5.05. The fourth-order valence-corrected chi connectivity index (χ4v) is 3.46. The van der Waals surface area contributed by atoms with Crippen molar-refractivity contribution in [1.29, 1.82) is 0 Å². The Morgan fingerprint density at radius 2 is 1.70 bits per heavy atom. The molecule has 0 aromatic heterocycles. The largest absolute Gasteiger partial charge is 0.484 e. The van der Waals surface area contributed by atoms with E-state index in [1.807, 2.05) is 75.4 Å². The quantitative estimate of drug-likeness (QED) is 0.445. The van der Waals surface area contributed by atoms with Gasteiger partial charge in [-0.05, 0) is 78.6 Å². The Labute approximate surface area is 193 Å². The molecule has 30 heavy (non-hydrogen) atoms. The molecular weight excluding hydrogens is 491 g/mol. The molecule has 0 fully saturated rings. The molecule has 0 spiro atoms. The minimum Gasteiger partial charge on any atom is -0.484 e. The highest BCUT2D eigenvalue weighted by Crippen LogP contribution is 2.15. The number of carbonyl (C=O) groups excluding carboxylic acids is 2. The van der Waals surface area contributed by atoms with Gasteiger partial charge in [0.15, 0.2) is 6.61 Å². The maximum atomic E-state index is 13.1. The van der Waals surface area contributed by atoms with E-state index in [9.17, 15) is 9.59 Å². The molecular formula is C24H31IN2O3. The summed E-state index contributed by atoms with van der Waals surface area (Å²) >= 11 is 2.22. The van der Waals surface area contributed by atoms with E-state index in [4.69, 9.17) is 4.74 Å². The molecule has 0 bridgehead atoms. The van der Waals surface area contributed by atoms with E-state index < -0.39 is 6.04 Å². The Balaban J connectivity index is 2.11. The van der Waals surface area contributed by atoms with E-state index in [2.05, 4.69) is 27.9 Å². The predicted molar refractivity (Wildman–Crippen MR) is 128 cm³/mol. The highest BCUT2D eigenvalue weighted by atomic mass is 127. The van der Waals surface area contributed by atoms with E-state index in [1.165, 1.54) is 0 Å². The van der Waals surface area contributed by atoms with Crippen LogP contribution in [0.3, 0.4) is 0 Å². The maximum absolute atomic E-state index is 13.1. The molecule has 0 aliphatic rings. The number of benzene rings is 2. The Morgan fingerprint density at radius 3 is 2.30 bits per heavy atom. The normalized spacial score (nSPS) is 12.7. The van der Waals surface area contributed by atoms with Crippen molar-refractivity contribution in [3.8, 4) is 5.75 Å². The van der Waals surface area contributed by atoms with E-state index in [0.717, 1.165) is 15.6 Å². The second kappa shape index (κ2) is 12.6. The molecule has 2 amide bonds. The average Bonchev–Trinajstić information content (AvgIpc) is 2.76. The van der Waals surface area contributed by atoms with Crippen molar-refractivity contribution < 1.29 is 14.3 Å². The van der Waals surface area contributed by atoms with Crippen LogP contribution >= 0.6 is 22.6 Å². The van der Waals surface area contributed by atoms with Crippen molar-refractivity contribution in [2.75, 3.05) is 13.2 Å². The van der Waals surface area contributed by atoms with E-state index in [0.29, 0.717) is 25.1 Å². The summed E-state index contributed by atoms with van der Waals surface area (Å²) in [6, 6.07) is 17.1. The van der Waals surface area contributed by atoms with Gasteiger partial charge in [0, 0.05) is 16.2 Å². The Kier molecular flexibility index (Phi) is 10.1. The summed E-state index contributed by atoms with van der Waals surface area (Å²) in [4.78, 5) is 27.6. The zero-order valence-corrected chi connectivity index (χ0v) is 20.1. The fraction of sp³-hybridized carbons (Fsp3) is 0.417. The Hall–Kier alpha value is -2.09. The number of ether oxygens (including phenoxy) is 1. The standard InChI is InChI=1S/C24H31IN2O3/c1-4-18(3)26-24(29)22(5-2)27(16-15-19-9-7-6-8-10-19)23(28)17-30-21-13-11-20(25)12-14-21/h6-14,18,22H,4-5,15-17H2,1-3H3,(H,26,29)/t18-,22-/m0/s1. The van der Waals surface area contributed by atoms with Crippen LogP contribution in [0, 0.1) is 3.57 Å². The molecule has 0 radical (unpaired) electrons. The summed E-state index contributed by atoms with van der Waals surface area (Å²) in [5.41, 5.74) is 1.13. The van der Waals surface area contributed by atoms with Gasteiger partial charge in [-0.2, -0.15) is 0 Å². The zero-order valence-electron chi connectivity index (χ0n) is 17.9. The molecule has 6 heteroatoms. The molecule has 2 aromatic carbocycles. The van der Waals surface area contributed by atoms with Crippen LogP contribution in [0.5, 0.6) is 5.75 Å². The van der Waals surface area contributed by atoms with Crippen LogP contribution in [0.4, 0.5) is 0 Å². The van der Waals surface area contributed by atoms with Crippen molar-refractivity contribution in [2.45, 2.75) is 52.1 Å². The summed E-state index contributed by atoms with van der Waals surface area (Å²) in [6.07, 6.45) is 2.08. The monoisotopic (exact) mass is 522 g/mol. The first-order valence-electron chi connectivity index (χ1n) is 10.5. The van der Waals surface area contributed by atoms with Crippen molar-refractivity contribution >= 4 is 34.4 Å². The van der Waals surface area contributed by atoms with Crippen LogP contribution in [-0.4, -0.2) is 41.9 Å². The molecule has 0 saturated heterocycles. The second-order valence-corrected chi connectivity index (χ2v) is 8.55. The summed E-state index contributed by atoms with van der Waals surface area (Å²) in [5, 5.41) is 3.02. The molecule has 1 N–H and O–H groups in total. The van der Waals surface area contributed by atoms with Gasteiger partial charge in [-0.15, -0.1) is 0 Å². The van der Waals surface area contributed by atoms with Gasteiger partial charge < -0.3 is 15.0 Å². The van der Waals surface area contributed by atoms with E-state index >= 15 is 0 Å². The third kappa shape index (κ3) is 7.63. The molecule has 0 unspecified atom stereocenters. The number of halogens is 1.